The van der Waals surface area contributed by atoms with Crippen LogP contribution >= 0.6 is 11.6 Å². The lowest BCUT2D eigenvalue weighted by atomic mass is 9.98. The molecule has 0 unspecified atom stereocenters. The number of hydrogen-bond acceptors (Lipinski definition) is 0. The van der Waals surface area contributed by atoms with Crippen LogP contribution in [0, 0.1) is 17.5 Å². The first-order chi connectivity index (χ1) is 12.5. The lowest BCUT2D eigenvalue weighted by Crippen LogP contribution is -1.91. The summed E-state index contributed by atoms with van der Waals surface area (Å²) in [5, 5.41) is -0.595. The van der Waals surface area contributed by atoms with Crippen LogP contribution in [-0.2, 0) is 6.42 Å². The molecule has 0 aromatic heterocycles. The number of rotatable bonds is 5. The maximum atomic E-state index is 14.5. The van der Waals surface area contributed by atoms with E-state index in [9.17, 15) is 13.2 Å². The quantitative estimate of drug-likeness (QED) is 0.328. The van der Waals surface area contributed by atoms with Gasteiger partial charge in [-0.3, -0.25) is 0 Å². The van der Waals surface area contributed by atoms with Gasteiger partial charge in [0.1, 0.15) is 22.5 Å². The van der Waals surface area contributed by atoms with Gasteiger partial charge < -0.3 is 0 Å². The van der Waals surface area contributed by atoms with Crippen LogP contribution in [0.3, 0.4) is 0 Å². The van der Waals surface area contributed by atoms with Gasteiger partial charge >= 0.3 is 0 Å². The molecule has 0 aliphatic rings. The molecule has 3 aromatic carbocycles. The van der Waals surface area contributed by atoms with Crippen LogP contribution in [0.2, 0.25) is 5.02 Å². The van der Waals surface area contributed by atoms with Crippen molar-refractivity contribution < 1.29 is 13.2 Å². The molecular formula is C22H16ClF3. The Kier molecular flexibility index (Phi) is 5.48. The number of aryl methyl sites for hydroxylation is 1. The summed E-state index contributed by atoms with van der Waals surface area (Å²) in [4.78, 5) is 0. The molecule has 0 saturated carbocycles. The summed E-state index contributed by atoms with van der Waals surface area (Å²) in [7, 11) is 0. The summed E-state index contributed by atoms with van der Waals surface area (Å²) in [6.07, 6.45) is 3.67. The Hall–Kier alpha value is -2.52. The van der Waals surface area contributed by atoms with E-state index in [1.807, 2.05) is 30.3 Å². The van der Waals surface area contributed by atoms with Gasteiger partial charge in [-0.15, -0.1) is 6.58 Å². The topological polar surface area (TPSA) is 0 Å². The van der Waals surface area contributed by atoms with Gasteiger partial charge in [0.15, 0.2) is 0 Å². The Morgan fingerprint density at radius 1 is 0.769 bits per heavy atom. The van der Waals surface area contributed by atoms with E-state index in [-0.39, 0.29) is 11.1 Å². The van der Waals surface area contributed by atoms with Gasteiger partial charge in [0.25, 0.3) is 0 Å². The normalized spacial score (nSPS) is 10.8. The maximum absolute atomic E-state index is 14.5. The summed E-state index contributed by atoms with van der Waals surface area (Å²) in [5.41, 5.74) is 2.96. The predicted octanol–water partition coefficient (Wildman–Crippen LogP) is 7.21. The fourth-order valence-corrected chi connectivity index (χ4v) is 2.88. The van der Waals surface area contributed by atoms with Crippen LogP contribution < -0.4 is 0 Å². The lowest BCUT2D eigenvalue weighted by molar-refractivity contribution is 0.584. The number of halogens is 4. The van der Waals surface area contributed by atoms with Crippen LogP contribution in [0.25, 0.3) is 22.3 Å². The zero-order valence-corrected chi connectivity index (χ0v) is 14.7. The zero-order valence-electron chi connectivity index (χ0n) is 13.9. The van der Waals surface area contributed by atoms with Gasteiger partial charge in [-0.2, -0.15) is 0 Å². The third-order valence-corrected chi connectivity index (χ3v) is 4.55. The molecule has 0 saturated heterocycles. The molecule has 0 heterocycles. The molecule has 26 heavy (non-hydrogen) atoms. The van der Waals surface area contributed by atoms with Crippen molar-refractivity contribution in [1.82, 2.24) is 0 Å². The van der Waals surface area contributed by atoms with Crippen molar-refractivity contribution in [3.05, 3.63) is 95.3 Å². The van der Waals surface area contributed by atoms with Crippen molar-refractivity contribution >= 4 is 11.6 Å². The standard InChI is InChI=1S/C22H16ClF3/c1-2-3-4-14-5-7-15(8-6-14)16-9-10-18(19(24)11-16)17-12-20(25)22(23)21(26)13-17/h2,5-13H,1,3-4H2. The second kappa shape index (κ2) is 7.79. The smallest absolute Gasteiger partial charge is 0.145 e. The second-order valence-electron chi connectivity index (χ2n) is 5.97. The van der Waals surface area contributed by atoms with Crippen molar-refractivity contribution in [3.8, 4) is 22.3 Å². The molecule has 4 heteroatoms. The third-order valence-electron chi connectivity index (χ3n) is 4.19. The second-order valence-corrected chi connectivity index (χ2v) is 6.35. The molecule has 0 amide bonds. The Morgan fingerprint density at radius 3 is 1.92 bits per heavy atom. The summed E-state index contributed by atoms with van der Waals surface area (Å²) in [6.45, 7) is 3.70. The Bertz CT molecular complexity index is 923. The number of hydrogen-bond donors (Lipinski definition) is 0. The monoisotopic (exact) mass is 372 g/mol. The molecule has 3 aromatic rings. The average molecular weight is 373 g/mol. The third kappa shape index (κ3) is 3.83. The largest absolute Gasteiger partial charge is 0.206 e. The number of benzene rings is 3. The summed E-state index contributed by atoms with van der Waals surface area (Å²) < 4.78 is 41.8. The van der Waals surface area contributed by atoms with Crippen molar-refractivity contribution in [2.75, 3.05) is 0 Å². The Labute approximate surface area is 155 Å². The van der Waals surface area contributed by atoms with Crippen LogP contribution in [0.1, 0.15) is 12.0 Å². The molecule has 0 fully saturated rings. The van der Waals surface area contributed by atoms with Gasteiger partial charge in [0.05, 0.1) is 0 Å². The highest BCUT2D eigenvalue weighted by molar-refractivity contribution is 6.31. The highest BCUT2D eigenvalue weighted by Crippen LogP contribution is 2.31. The maximum Gasteiger partial charge on any atom is 0.145 e. The van der Waals surface area contributed by atoms with E-state index in [0.717, 1.165) is 30.5 Å². The van der Waals surface area contributed by atoms with Crippen LogP contribution in [0.5, 0.6) is 0 Å². The van der Waals surface area contributed by atoms with Crippen molar-refractivity contribution in [2.45, 2.75) is 12.8 Å². The van der Waals surface area contributed by atoms with Gasteiger partial charge in [-0.05, 0) is 53.3 Å². The molecule has 0 N–H and O–H groups in total. The summed E-state index contributed by atoms with van der Waals surface area (Å²) >= 11 is 5.48. The molecule has 0 nitrogen and oxygen atoms in total. The van der Waals surface area contributed by atoms with Crippen molar-refractivity contribution in [3.63, 3.8) is 0 Å². The first-order valence-corrected chi connectivity index (χ1v) is 8.52. The van der Waals surface area contributed by atoms with E-state index >= 15 is 0 Å². The van der Waals surface area contributed by atoms with Crippen molar-refractivity contribution in [1.29, 1.82) is 0 Å². The molecule has 0 spiro atoms. The first kappa shape index (κ1) is 18.3. The zero-order chi connectivity index (χ0) is 18.7. The van der Waals surface area contributed by atoms with Crippen molar-refractivity contribution in [2.24, 2.45) is 0 Å². The molecule has 0 aliphatic heterocycles. The van der Waals surface area contributed by atoms with E-state index in [2.05, 4.69) is 6.58 Å². The SMILES string of the molecule is C=CCCc1ccc(-c2ccc(-c3cc(F)c(Cl)c(F)c3)c(F)c2)cc1. The fourth-order valence-electron chi connectivity index (χ4n) is 2.77. The molecule has 0 aliphatic carbocycles. The van der Waals surface area contributed by atoms with Crippen LogP contribution in [0.4, 0.5) is 13.2 Å². The van der Waals surface area contributed by atoms with Crippen LogP contribution in [-0.4, -0.2) is 0 Å². The highest BCUT2D eigenvalue weighted by Gasteiger charge is 2.13. The molecule has 0 bridgehead atoms. The Balaban J connectivity index is 1.91. The molecule has 0 radical (unpaired) electrons. The van der Waals surface area contributed by atoms with Gasteiger partial charge in [-0.25, -0.2) is 13.2 Å². The Morgan fingerprint density at radius 2 is 1.35 bits per heavy atom. The van der Waals surface area contributed by atoms with E-state index in [1.54, 1.807) is 6.07 Å². The molecule has 0 atom stereocenters. The minimum atomic E-state index is -0.916. The fraction of sp³-hybridized carbons (Fsp3) is 0.0909. The molecular weight excluding hydrogens is 357 g/mol. The lowest BCUT2D eigenvalue weighted by Gasteiger charge is -2.09. The van der Waals surface area contributed by atoms with E-state index in [4.69, 9.17) is 11.6 Å². The first-order valence-electron chi connectivity index (χ1n) is 8.14. The van der Waals surface area contributed by atoms with Gasteiger partial charge in [0, 0.05) is 5.56 Å². The minimum Gasteiger partial charge on any atom is -0.206 e. The minimum absolute atomic E-state index is 0.105. The van der Waals surface area contributed by atoms with Gasteiger partial charge in [0.2, 0.25) is 0 Å². The van der Waals surface area contributed by atoms with E-state index < -0.39 is 22.5 Å². The summed E-state index contributed by atoms with van der Waals surface area (Å²) in [6, 6.07) is 14.5. The van der Waals surface area contributed by atoms with E-state index in [0.29, 0.717) is 5.56 Å². The summed E-state index contributed by atoms with van der Waals surface area (Å²) in [5.74, 6) is -2.39. The average Bonchev–Trinajstić information content (AvgIpc) is 2.64. The molecule has 132 valence electrons. The highest BCUT2D eigenvalue weighted by atomic mass is 35.5. The molecule has 3 rings (SSSR count). The van der Waals surface area contributed by atoms with Crippen LogP contribution in [0.15, 0.2) is 67.3 Å². The number of allylic oxidation sites excluding steroid dienone is 1. The van der Waals surface area contributed by atoms with E-state index in [1.165, 1.54) is 17.7 Å². The van der Waals surface area contributed by atoms with Gasteiger partial charge in [-0.1, -0.05) is 54.1 Å². The predicted molar refractivity (Wildman–Crippen MR) is 101 cm³/mol.